The SMILES string of the molecule is CCNC(=O)C(CSCC)C(F)(F)F. The molecule has 0 spiro atoms. The molecule has 1 unspecified atom stereocenters. The van der Waals surface area contributed by atoms with Crippen LogP contribution in [0, 0.1) is 5.92 Å². The number of hydrogen-bond acceptors (Lipinski definition) is 2. The number of amides is 1. The maximum Gasteiger partial charge on any atom is 0.401 e. The van der Waals surface area contributed by atoms with Gasteiger partial charge >= 0.3 is 6.18 Å². The third-order valence-corrected chi connectivity index (χ3v) is 2.53. The Hall–Kier alpha value is -0.390. The number of rotatable bonds is 5. The van der Waals surface area contributed by atoms with Crippen molar-refractivity contribution < 1.29 is 18.0 Å². The van der Waals surface area contributed by atoms with E-state index in [2.05, 4.69) is 5.32 Å². The van der Waals surface area contributed by atoms with Crippen LogP contribution in [0.1, 0.15) is 13.8 Å². The molecule has 0 aromatic rings. The third kappa shape index (κ3) is 4.74. The Kier molecular flexibility index (Phi) is 5.99. The summed E-state index contributed by atoms with van der Waals surface area (Å²) in [6.45, 7) is 3.58. The lowest BCUT2D eigenvalue weighted by Crippen LogP contribution is -2.40. The van der Waals surface area contributed by atoms with Crippen LogP contribution in [0.4, 0.5) is 13.2 Å². The molecular formula is C8H14F3NOS. The van der Waals surface area contributed by atoms with E-state index >= 15 is 0 Å². The van der Waals surface area contributed by atoms with Gasteiger partial charge in [-0.05, 0) is 12.7 Å². The molecule has 1 N–H and O–H groups in total. The van der Waals surface area contributed by atoms with Gasteiger partial charge in [0.1, 0.15) is 5.92 Å². The lowest BCUT2D eigenvalue weighted by molar-refractivity contribution is -0.177. The fourth-order valence-electron chi connectivity index (χ4n) is 0.852. The second-order valence-electron chi connectivity index (χ2n) is 2.65. The molecule has 0 heterocycles. The Bertz CT molecular complexity index is 184. The number of nitrogens with one attached hydrogen (secondary N) is 1. The highest BCUT2D eigenvalue weighted by Gasteiger charge is 2.44. The van der Waals surface area contributed by atoms with E-state index in [0.717, 1.165) is 11.8 Å². The van der Waals surface area contributed by atoms with E-state index in [4.69, 9.17) is 0 Å². The summed E-state index contributed by atoms with van der Waals surface area (Å²) in [4.78, 5) is 11.1. The van der Waals surface area contributed by atoms with Crippen LogP contribution >= 0.6 is 11.8 Å². The first kappa shape index (κ1) is 13.6. The first-order chi connectivity index (χ1) is 6.43. The highest BCUT2D eigenvalue weighted by molar-refractivity contribution is 7.99. The molecule has 0 fully saturated rings. The minimum absolute atomic E-state index is 0.203. The van der Waals surface area contributed by atoms with Gasteiger partial charge in [0, 0.05) is 12.3 Å². The van der Waals surface area contributed by atoms with Gasteiger partial charge in [-0.2, -0.15) is 24.9 Å². The summed E-state index contributed by atoms with van der Waals surface area (Å²) >= 11 is 1.12. The van der Waals surface area contributed by atoms with Gasteiger partial charge in [0.2, 0.25) is 5.91 Å². The Morgan fingerprint density at radius 3 is 2.36 bits per heavy atom. The van der Waals surface area contributed by atoms with Gasteiger partial charge in [-0.1, -0.05) is 6.92 Å². The summed E-state index contributed by atoms with van der Waals surface area (Å²) in [6, 6.07) is 0. The molecule has 6 heteroatoms. The molecular weight excluding hydrogens is 215 g/mol. The highest BCUT2D eigenvalue weighted by atomic mass is 32.2. The van der Waals surface area contributed by atoms with Crippen LogP contribution in [0.25, 0.3) is 0 Å². The summed E-state index contributed by atoms with van der Waals surface area (Å²) in [5.41, 5.74) is 0. The van der Waals surface area contributed by atoms with Gasteiger partial charge in [-0.15, -0.1) is 0 Å². The van der Waals surface area contributed by atoms with E-state index in [1.807, 2.05) is 0 Å². The largest absolute Gasteiger partial charge is 0.401 e. The Morgan fingerprint density at radius 2 is 2.00 bits per heavy atom. The molecule has 0 bridgehead atoms. The molecule has 0 rings (SSSR count). The average molecular weight is 229 g/mol. The molecule has 84 valence electrons. The normalized spacial score (nSPS) is 13.8. The zero-order chi connectivity index (χ0) is 11.2. The van der Waals surface area contributed by atoms with Crippen LogP contribution in [0.15, 0.2) is 0 Å². The van der Waals surface area contributed by atoms with Gasteiger partial charge in [-0.3, -0.25) is 4.79 Å². The summed E-state index contributed by atoms with van der Waals surface area (Å²) in [5, 5.41) is 2.19. The smallest absolute Gasteiger partial charge is 0.356 e. The molecule has 0 aliphatic rings. The Balaban J connectivity index is 4.31. The van der Waals surface area contributed by atoms with Crippen molar-refractivity contribution in [3.63, 3.8) is 0 Å². The third-order valence-electron chi connectivity index (χ3n) is 1.55. The van der Waals surface area contributed by atoms with E-state index in [-0.39, 0.29) is 12.3 Å². The van der Waals surface area contributed by atoms with Crippen molar-refractivity contribution in [3.05, 3.63) is 0 Å². The first-order valence-corrected chi connectivity index (χ1v) is 5.51. The number of halogens is 3. The maximum absolute atomic E-state index is 12.3. The lowest BCUT2D eigenvalue weighted by Gasteiger charge is -2.18. The van der Waals surface area contributed by atoms with Gasteiger partial charge in [0.25, 0.3) is 0 Å². The summed E-state index contributed by atoms with van der Waals surface area (Å²) in [5.74, 6) is -2.44. The molecule has 0 aromatic heterocycles. The molecule has 0 aliphatic heterocycles. The number of hydrogen-bond donors (Lipinski definition) is 1. The molecule has 2 nitrogen and oxygen atoms in total. The molecule has 0 saturated carbocycles. The fraction of sp³-hybridized carbons (Fsp3) is 0.875. The van der Waals surface area contributed by atoms with Crippen LogP contribution in [0.3, 0.4) is 0 Å². The number of carbonyl (C=O) groups is 1. The van der Waals surface area contributed by atoms with Crippen molar-refractivity contribution in [2.45, 2.75) is 20.0 Å². The molecule has 0 aromatic carbocycles. The van der Waals surface area contributed by atoms with Gasteiger partial charge in [0.15, 0.2) is 0 Å². The van der Waals surface area contributed by atoms with E-state index in [9.17, 15) is 18.0 Å². The second kappa shape index (κ2) is 6.16. The standard InChI is InChI=1S/C8H14F3NOS/c1-3-12-7(13)6(5-14-4-2)8(9,10)11/h6H,3-5H2,1-2H3,(H,12,13). The Morgan fingerprint density at radius 1 is 1.43 bits per heavy atom. The molecule has 0 aliphatic carbocycles. The zero-order valence-electron chi connectivity index (χ0n) is 8.15. The zero-order valence-corrected chi connectivity index (χ0v) is 8.97. The van der Waals surface area contributed by atoms with E-state index < -0.39 is 18.0 Å². The summed E-state index contributed by atoms with van der Waals surface area (Å²) in [6.07, 6.45) is -4.44. The number of carbonyl (C=O) groups excluding carboxylic acids is 1. The topological polar surface area (TPSA) is 29.1 Å². The van der Waals surface area contributed by atoms with Crippen molar-refractivity contribution in [3.8, 4) is 0 Å². The predicted octanol–water partition coefficient (Wildman–Crippen LogP) is 2.05. The number of alkyl halides is 3. The van der Waals surface area contributed by atoms with Crippen molar-refractivity contribution in [2.75, 3.05) is 18.1 Å². The van der Waals surface area contributed by atoms with Gasteiger partial charge in [0.05, 0.1) is 0 Å². The van der Waals surface area contributed by atoms with Crippen LogP contribution in [-0.2, 0) is 4.79 Å². The molecule has 1 amide bonds. The predicted molar refractivity (Wildman–Crippen MR) is 51.2 cm³/mol. The monoisotopic (exact) mass is 229 g/mol. The Labute approximate surface area is 85.6 Å². The molecule has 0 saturated heterocycles. The first-order valence-electron chi connectivity index (χ1n) is 4.35. The number of thioether (sulfide) groups is 1. The van der Waals surface area contributed by atoms with Crippen LogP contribution < -0.4 is 5.32 Å². The van der Waals surface area contributed by atoms with Crippen molar-refractivity contribution in [1.82, 2.24) is 5.32 Å². The highest BCUT2D eigenvalue weighted by Crippen LogP contribution is 2.29. The van der Waals surface area contributed by atoms with Crippen LogP contribution in [0.5, 0.6) is 0 Å². The lowest BCUT2D eigenvalue weighted by atomic mass is 10.1. The van der Waals surface area contributed by atoms with Crippen LogP contribution in [-0.4, -0.2) is 30.1 Å². The average Bonchev–Trinajstić information content (AvgIpc) is 2.03. The van der Waals surface area contributed by atoms with Crippen LogP contribution in [0.2, 0.25) is 0 Å². The van der Waals surface area contributed by atoms with E-state index in [1.54, 1.807) is 13.8 Å². The minimum Gasteiger partial charge on any atom is -0.356 e. The van der Waals surface area contributed by atoms with Crippen molar-refractivity contribution in [2.24, 2.45) is 5.92 Å². The van der Waals surface area contributed by atoms with E-state index in [0.29, 0.717) is 5.75 Å². The van der Waals surface area contributed by atoms with Gasteiger partial charge in [-0.25, -0.2) is 0 Å². The summed E-state index contributed by atoms with van der Waals surface area (Å²) in [7, 11) is 0. The van der Waals surface area contributed by atoms with Crippen molar-refractivity contribution in [1.29, 1.82) is 0 Å². The van der Waals surface area contributed by atoms with E-state index in [1.165, 1.54) is 0 Å². The molecule has 14 heavy (non-hydrogen) atoms. The molecule has 1 atom stereocenters. The fourth-order valence-corrected chi connectivity index (χ4v) is 1.66. The molecule has 0 radical (unpaired) electrons. The van der Waals surface area contributed by atoms with Crippen molar-refractivity contribution >= 4 is 17.7 Å². The quantitative estimate of drug-likeness (QED) is 0.781. The second-order valence-corrected chi connectivity index (χ2v) is 3.97. The van der Waals surface area contributed by atoms with Gasteiger partial charge < -0.3 is 5.32 Å². The minimum atomic E-state index is -4.44. The maximum atomic E-state index is 12.3. The summed E-state index contributed by atoms with van der Waals surface area (Å²) < 4.78 is 37.0.